The molecule has 0 aliphatic carbocycles. The van der Waals surface area contributed by atoms with E-state index in [0.29, 0.717) is 22.4 Å². The van der Waals surface area contributed by atoms with E-state index in [1.165, 1.54) is 6.20 Å². The maximum Gasteiger partial charge on any atom is 0.242 e. The van der Waals surface area contributed by atoms with Crippen LogP contribution in [-0.4, -0.2) is 47.0 Å². The van der Waals surface area contributed by atoms with E-state index in [4.69, 9.17) is 22.1 Å². The molecule has 8 heteroatoms. The number of carbonyl (C=O) groups excluding carboxylic acids is 1. The molecule has 1 aliphatic heterocycles. The summed E-state index contributed by atoms with van der Waals surface area (Å²) in [5, 5.41) is 3.38. The number of methoxy groups -OCH3 is 1. The first-order valence-electron chi connectivity index (χ1n) is 8.94. The Bertz CT molecular complexity index is 799. The number of ether oxygens (including phenoxy) is 1. The Morgan fingerprint density at radius 1 is 1.41 bits per heavy atom. The van der Waals surface area contributed by atoms with E-state index >= 15 is 0 Å². The van der Waals surface area contributed by atoms with Crippen LogP contribution in [0.25, 0.3) is 0 Å². The van der Waals surface area contributed by atoms with E-state index in [0.717, 1.165) is 31.5 Å². The molecule has 27 heavy (non-hydrogen) atoms. The molecule has 0 aromatic carbocycles. The minimum absolute atomic E-state index is 0.0853. The standard InChI is InChI=1S/C19H24ClN5O2/c1-12(18(26)24-17-6-5-15(20)10-22-17)25-7-3-4-13(11-25)14-8-16(21)19(27-2)23-9-14/h5-6,8-10,12-13H,3-4,7,11,21H2,1-2H3,(H,22,24,26). The summed E-state index contributed by atoms with van der Waals surface area (Å²) in [5.41, 5.74) is 7.60. The predicted molar refractivity (Wildman–Crippen MR) is 106 cm³/mol. The number of amides is 1. The van der Waals surface area contributed by atoms with Crippen LogP contribution >= 0.6 is 11.6 Å². The zero-order valence-corrected chi connectivity index (χ0v) is 16.2. The van der Waals surface area contributed by atoms with Gasteiger partial charge in [-0.15, -0.1) is 0 Å². The van der Waals surface area contributed by atoms with Crippen molar-refractivity contribution in [3.63, 3.8) is 0 Å². The fraction of sp³-hybridized carbons (Fsp3) is 0.421. The quantitative estimate of drug-likeness (QED) is 0.816. The van der Waals surface area contributed by atoms with Crippen molar-refractivity contribution in [1.82, 2.24) is 14.9 Å². The minimum Gasteiger partial charge on any atom is -0.480 e. The van der Waals surface area contributed by atoms with Crippen molar-refractivity contribution in [2.45, 2.75) is 31.7 Å². The SMILES string of the molecule is COc1ncc(C2CCCN(C(C)C(=O)Nc3ccc(Cl)cn3)C2)cc1N. The number of halogens is 1. The molecule has 0 bridgehead atoms. The zero-order chi connectivity index (χ0) is 19.4. The minimum atomic E-state index is -0.270. The number of piperidine rings is 1. The van der Waals surface area contributed by atoms with Gasteiger partial charge in [0.15, 0.2) is 0 Å². The third-order valence-corrected chi connectivity index (χ3v) is 5.15. The van der Waals surface area contributed by atoms with Gasteiger partial charge >= 0.3 is 0 Å². The highest BCUT2D eigenvalue weighted by atomic mass is 35.5. The predicted octanol–water partition coefficient (Wildman–Crippen LogP) is 2.93. The van der Waals surface area contributed by atoms with Gasteiger partial charge in [-0.3, -0.25) is 9.69 Å². The fourth-order valence-corrected chi connectivity index (χ4v) is 3.47. The molecule has 7 nitrogen and oxygen atoms in total. The van der Waals surface area contributed by atoms with Gasteiger partial charge in [0, 0.05) is 18.9 Å². The molecular weight excluding hydrogens is 366 g/mol. The first-order valence-corrected chi connectivity index (χ1v) is 9.31. The molecule has 3 rings (SSSR count). The van der Waals surface area contributed by atoms with Crippen LogP contribution in [0.4, 0.5) is 11.5 Å². The van der Waals surface area contributed by atoms with Crippen molar-refractivity contribution < 1.29 is 9.53 Å². The molecule has 1 saturated heterocycles. The number of nitrogens with zero attached hydrogens (tertiary/aromatic N) is 3. The van der Waals surface area contributed by atoms with Crippen molar-refractivity contribution in [2.75, 3.05) is 31.2 Å². The Hall–Kier alpha value is -2.38. The first-order chi connectivity index (χ1) is 13.0. The molecule has 1 amide bonds. The number of nitrogen functional groups attached to an aromatic ring is 1. The summed E-state index contributed by atoms with van der Waals surface area (Å²) in [6.45, 7) is 3.56. The van der Waals surface area contributed by atoms with Crippen molar-refractivity contribution in [3.05, 3.63) is 41.2 Å². The van der Waals surface area contributed by atoms with Crippen molar-refractivity contribution >= 4 is 29.0 Å². The topological polar surface area (TPSA) is 93.4 Å². The van der Waals surface area contributed by atoms with Crippen LogP contribution in [0.3, 0.4) is 0 Å². The summed E-state index contributed by atoms with van der Waals surface area (Å²) < 4.78 is 5.13. The fourth-order valence-electron chi connectivity index (χ4n) is 3.36. The summed E-state index contributed by atoms with van der Waals surface area (Å²) in [4.78, 5) is 23.2. The van der Waals surface area contributed by atoms with E-state index in [1.807, 2.05) is 19.2 Å². The highest BCUT2D eigenvalue weighted by Gasteiger charge is 2.28. The average Bonchev–Trinajstić information content (AvgIpc) is 2.69. The number of nitrogens with one attached hydrogen (secondary N) is 1. The van der Waals surface area contributed by atoms with Gasteiger partial charge < -0.3 is 15.8 Å². The number of pyridine rings is 2. The van der Waals surface area contributed by atoms with Gasteiger partial charge in [-0.1, -0.05) is 11.6 Å². The van der Waals surface area contributed by atoms with E-state index in [-0.39, 0.29) is 17.9 Å². The maximum atomic E-state index is 12.6. The Morgan fingerprint density at radius 2 is 2.22 bits per heavy atom. The molecule has 0 saturated carbocycles. The molecule has 3 heterocycles. The van der Waals surface area contributed by atoms with E-state index in [9.17, 15) is 4.79 Å². The number of carbonyl (C=O) groups is 1. The van der Waals surface area contributed by atoms with E-state index < -0.39 is 0 Å². The number of anilines is 2. The largest absolute Gasteiger partial charge is 0.480 e. The Labute approximate surface area is 163 Å². The summed E-state index contributed by atoms with van der Waals surface area (Å²) in [6, 6.07) is 5.04. The lowest BCUT2D eigenvalue weighted by Crippen LogP contribution is -2.46. The lowest BCUT2D eigenvalue weighted by Gasteiger charge is -2.36. The molecule has 1 aliphatic rings. The van der Waals surface area contributed by atoms with E-state index in [1.54, 1.807) is 19.2 Å². The van der Waals surface area contributed by atoms with Crippen LogP contribution < -0.4 is 15.8 Å². The lowest BCUT2D eigenvalue weighted by molar-refractivity contribution is -0.121. The van der Waals surface area contributed by atoms with Gasteiger partial charge in [-0.25, -0.2) is 9.97 Å². The summed E-state index contributed by atoms with van der Waals surface area (Å²) >= 11 is 5.83. The molecule has 2 aromatic rings. The van der Waals surface area contributed by atoms with Gasteiger partial charge in [0.25, 0.3) is 0 Å². The number of hydrogen-bond acceptors (Lipinski definition) is 6. The third kappa shape index (κ3) is 4.67. The van der Waals surface area contributed by atoms with Crippen LogP contribution in [-0.2, 0) is 4.79 Å². The van der Waals surface area contributed by atoms with Crippen LogP contribution in [0, 0.1) is 0 Å². The van der Waals surface area contributed by atoms with Crippen molar-refractivity contribution in [3.8, 4) is 5.88 Å². The Balaban J connectivity index is 1.65. The van der Waals surface area contributed by atoms with Gasteiger partial charge in [0.1, 0.15) is 5.82 Å². The zero-order valence-electron chi connectivity index (χ0n) is 15.5. The van der Waals surface area contributed by atoms with Crippen LogP contribution in [0.2, 0.25) is 5.02 Å². The molecule has 2 unspecified atom stereocenters. The first kappa shape index (κ1) is 19.4. The summed E-state index contributed by atoms with van der Waals surface area (Å²) in [6.07, 6.45) is 5.37. The molecule has 2 aromatic heterocycles. The number of nitrogens with two attached hydrogens (primary N) is 1. The number of likely N-dealkylation sites (tertiary alicyclic amines) is 1. The van der Waals surface area contributed by atoms with Gasteiger partial charge in [-0.2, -0.15) is 0 Å². The summed E-state index contributed by atoms with van der Waals surface area (Å²) in [5.74, 6) is 1.13. The highest BCUT2D eigenvalue weighted by Crippen LogP contribution is 2.30. The van der Waals surface area contributed by atoms with Gasteiger partial charge in [-0.05, 0) is 56.0 Å². The molecule has 144 valence electrons. The van der Waals surface area contributed by atoms with Crippen molar-refractivity contribution in [1.29, 1.82) is 0 Å². The lowest BCUT2D eigenvalue weighted by atomic mass is 9.90. The smallest absolute Gasteiger partial charge is 0.242 e. The van der Waals surface area contributed by atoms with Crippen LogP contribution in [0.15, 0.2) is 30.6 Å². The van der Waals surface area contributed by atoms with Crippen molar-refractivity contribution in [2.24, 2.45) is 0 Å². The molecule has 1 fully saturated rings. The Morgan fingerprint density at radius 3 is 2.89 bits per heavy atom. The number of rotatable bonds is 5. The normalized spacial score (nSPS) is 18.7. The highest BCUT2D eigenvalue weighted by molar-refractivity contribution is 6.30. The number of hydrogen-bond donors (Lipinski definition) is 2. The summed E-state index contributed by atoms with van der Waals surface area (Å²) in [7, 11) is 1.55. The second-order valence-electron chi connectivity index (χ2n) is 6.73. The molecular formula is C19H24ClN5O2. The van der Waals surface area contributed by atoms with E-state index in [2.05, 4.69) is 20.2 Å². The number of aromatic nitrogens is 2. The molecule has 0 radical (unpaired) electrons. The third-order valence-electron chi connectivity index (χ3n) is 4.92. The van der Waals surface area contributed by atoms with Gasteiger partial charge in [0.2, 0.25) is 11.8 Å². The average molecular weight is 390 g/mol. The molecule has 2 atom stereocenters. The van der Waals surface area contributed by atoms with Gasteiger partial charge in [0.05, 0.1) is 23.9 Å². The maximum absolute atomic E-state index is 12.6. The molecule has 3 N–H and O–H groups in total. The Kier molecular flexibility index (Phi) is 6.13. The monoisotopic (exact) mass is 389 g/mol. The van der Waals surface area contributed by atoms with Crippen LogP contribution in [0.1, 0.15) is 31.2 Å². The second-order valence-corrected chi connectivity index (χ2v) is 7.16. The second kappa shape index (κ2) is 8.54. The molecule has 0 spiro atoms. The van der Waals surface area contributed by atoms with Crippen LogP contribution in [0.5, 0.6) is 5.88 Å².